The smallest absolute Gasteiger partial charge is 0.0675 e. The summed E-state index contributed by atoms with van der Waals surface area (Å²) in [5, 5.41) is 1.27. The second-order valence-electron chi connectivity index (χ2n) is 4.87. The second kappa shape index (κ2) is 6.55. The third-order valence-corrected chi connectivity index (χ3v) is 3.81. The molecule has 1 atom stereocenters. The SMILES string of the molecule is Cc1cnc(C(Cc2ccc(Cl)cc2Cl)NN)c(C)c1. The minimum Gasteiger partial charge on any atom is -0.271 e. The highest BCUT2D eigenvalue weighted by atomic mass is 35.5. The summed E-state index contributed by atoms with van der Waals surface area (Å²) in [6.07, 6.45) is 2.50. The van der Waals surface area contributed by atoms with E-state index in [0.29, 0.717) is 16.5 Å². The highest BCUT2D eigenvalue weighted by Crippen LogP contribution is 2.26. The summed E-state index contributed by atoms with van der Waals surface area (Å²) in [7, 11) is 0. The lowest BCUT2D eigenvalue weighted by molar-refractivity contribution is 0.535. The Bertz CT molecular complexity index is 614. The average Bonchev–Trinajstić information content (AvgIpc) is 2.39. The molecule has 0 aliphatic carbocycles. The van der Waals surface area contributed by atoms with E-state index < -0.39 is 0 Å². The minimum absolute atomic E-state index is 0.0886. The topological polar surface area (TPSA) is 50.9 Å². The van der Waals surface area contributed by atoms with Crippen LogP contribution in [-0.4, -0.2) is 4.98 Å². The minimum atomic E-state index is -0.0886. The first-order chi connectivity index (χ1) is 9.51. The van der Waals surface area contributed by atoms with Crippen LogP contribution < -0.4 is 11.3 Å². The maximum Gasteiger partial charge on any atom is 0.0675 e. The van der Waals surface area contributed by atoms with E-state index in [0.717, 1.165) is 22.4 Å². The predicted molar refractivity (Wildman–Crippen MR) is 83.9 cm³/mol. The molecule has 0 amide bonds. The molecule has 1 unspecified atom stereocenters. The number of rotatable bonds is 4. The van der Waals surface area contributed by atoms with Crippen LogP contribution in [0.5, 0.6) is 0 Å². The Kier molecular flexibility index (Phi) is 5.00. The van der Waals surface area contributed by atoms with Crippen LogP contribution >= 0.6 is 23.2 Å². The molecule has 5 heteroatoms. The van der Waals surface area contributed by atoms with Crippen molar-refractivity contribution in [3.63, 3.8) is 0 Å². The second-order valence-corrected chi connectivity index (χ2v) is 5.72. The number of hydrogen-bond donors (Lipinski definition) is 2. The van der Waals surface area contributed by atoms with Gasteiger partial charge in [-0.3, -0.25) is 16.3 Å². The summed E-state index contributed by atoms with van der Waals surface area (Å²) >= 11 is 12.1. The maximum atomic E-state index is 6.21. The molecule has 0 saturated heterocycles. The fraction of sp³-hybridized carbons (Fsp3) is 0.267. The fourth-order valence-corrected chi connectivity index (χ4v) is 2.72. The van der Waals surface area contributed by atoms with E-state index in [1.54, 1.807) is 6.07 Å². The molecule has 0 spiro atoms. The van der Waals surface area contributed by atoms with Gasteiger partial charge in [-0.15, -0.1) is 0 Å². The number of aromatic nitrogens is 1. The first kappa shape index (κ1) is 15.3. The number of nitrogens with two attached hydrogens (primary N) is 1. The zero-order valence-electron chi connectivity index (χ0n) is 11.5. The average molecular weight is 310 g/mol. The molecule has 0 saturated carbocycles. The summed E-state index contributed by atoms with van der Waals surface area (Å²) < 4.78 is 0. The number of nitrogens with zero attached hydrogens (tertiary/aromatic N) is 1. The Morgan fingerprint density at radius 3 is 2.60 bits per heavy atom. The van der Waals surface area contributed by atoms with Crippen LogP contribution in [0, 0.1) is 13.8 Å². The van der Waals surface area contributed by atoms with Crippen molar-refractivity contribution in [2.45, 2.75) is 26.3 Å². The fourth-order valence-electron chi connectivity index (χ4n) is 2.23. The molecule has 3 nitrogen and oxygen atoms in total. The molecule has 1 aromatic carbocycles. The van der Waals surface area contributed by atoms with Crippen LogP contribution in [0.15, 0.2) is 30.5 Å². The summed E-state index contributed by atoms with van der Waals surface area (Å²) in [5.74, 6) is 5.68. The van der Waals surface area contributed by atoms with Gasteiger partial charge in [-0.25, -0.2) is 0 Å². The third kappa shape index (κ3) is 3.49. The van der Waals surface area contributed by atoms with Gasteiger partial charge >= 0.3 is 0 Å². The van der Waals surface area contributed by atoms with Crippen LogP contribution in [0.25, 0.3) is 0 Å². The molecule has 0 bridgehead atoms. The van der Waals surface area contributed by atoms with Crippen LogP contribution in [0.1, 0.15) is 28.4 Å². The zero-order valence-corrected chi connectivity index (χ0v) is 13.0. The highest BCUT2D eigenvalue weighted by Gasteiger charge is 2.16. The first-order valence-corrected chi connectivity index (χ1v) is 7.10. The van der Waals surface area contributed by atoms with E-state index in [1.165, 1.54) is 0 Å². The number of nitrogens with one attached hydrogen (secondary N) is 1. The molecule has 1 heterocycles. The molecule has 2 rings (SSSR count). The van der Waals surface area contributed by atoms with Crippen molar-refractivity contribution in [1.29, 1.82) is 0 Å². The van der Waals surface area contributed by atoms with Crippen molar-refractivity contribution >= 4 is 23.2 Å². The summed E-state index contributed by atoms with van der Waals surface area (Å²) in [4.78, 5) is 4.48. The van der Waals surface area contributed by atoms with Crippen molar-refractivity contribution in [2.24, 2.45) is 5.84 Å². The van der Waals surface area contributed by atoms with Crippen LogP contribution in [0.3, 0.4) is 0 Å². The number of aryl methyl sites for hydroxylation is 2. The van der Waals surface area contributed by atoms with E-state index in [9.17, 15) is 0 Å². The van der Waals surface area contributed by atoms with Gasteiger partial charge in [-0.05, 0) is 49.1 Å². The van der Waals surface area contributed by atoms with E-state index in [2.05, 4.69) is 16.5 Å². The Balaban J connectivity index is 2.28. The quantitative estimate of drug-likeness (QED) is 0.668. The summed E-state index contributed by atoms with van der Waals surface area (Å²) in [6.45, 7) is 4.05. The third-order valence-electron chi connectivity index (χ3n) is 3.23. The molecule has 1 aromatic heterocycles. The Labute approximate surface area is 129 Å². The predicted octanol–water partition coefficient (Wildman–Crippen LogP) is 3.75. The van der Waals surface area contributed by atoms with E-state index in [-0.39, 0.29) is 6.04 Å². The molecule has 0 aliphatic rings. The Morgan fingerprint density at radius 2 is 2.00 bits per heavy atom. The standard InChI is InChI=1S/C15H17Cl2N3/c1-9-5-10(2)15(19-8-9)14(20-18)6-11-3-4-12(16)7-13(11)17/h3-5,7-8,14,20H,6,18H2,1-2H3. The van der Waals surface area contributed by atoms with Gasteiger partial charge in [0.1, 0.15) is 0 Å². The van der Waals surface area contributed by atoms with Gasteiger partial charge in [0.25, 0.3) is 0 Å². The van der Waals surface area contributed by atoms with Crippen LogP contribution in [0.2, 0.25) is 10.0 Å². The molecule has 0 aliphatic heterocycles. The lowest BCUT2D eigenvalue weighted by atomic mass is 10.00. The molecule has 3 N–H and O–H groups in total. The van der Waals surface area contributed by atoms with Gasteiger partial charge in [-0.2, -0.15) is 0 Å². The van der Waals surface area contributed by atoms with Crippen molar-refractivity contribution in [2.75, 3.05) is 0 Å². The zero-order chi connectivity index (χ0) is 14.7. The Hall–Kier alpha value is -1.13. The van der Waals surface area contributed by atoms with E-state index in [1.807, 2.05) is 32.2 Å². The van der Waals surface area contributed by atoms with Gasteiger partial charge in [0.15, 0.2) is 0 Å². The van der Waals surface area contributed by atoms with Crippen molar-refractivity contribution in [3.8, 4) is 0 Å². The molecular formula is C15H17Cl2N3. The molecule has 0 fully saturated rings. The molecule has 106 valence electrons. The lowest BCUT2D eigenvalue weighted by Gasteiger charge is -2.18. The van der Waals surface area contributed by atoms with Crippen molar-refractivity contribution < 1.29 is 0 Å². The molecule has 0 radical (unpaired) electrons. The number of hydrogen-bond acceptors (Lipinski definition) is 3. The van der Waals surface area contributed by atoms with Crippen molar-refractivity contribution in [3.05, 3.63) is 62.9 Å². The molecule has 20 heavy (non-hydrogen) atoms. The van der Waals surface area contributed by atoms with Gasteiger partial charge < -0.3 is 0 Å². The summed E-state index contributed by atoms with van der Waals surface area (Å²) in [6, 6.07) is 7.48. The van der Waals surface area contributed by atoms with Gasteiger partial charge in [-0.1, -0.05) is 35.3 Å². The van der Waals surface area contributed by atoms with Crippen LogP contribution in [-0.2, 0) is 6.42 Å². The van der Waals surface area contributed by atoms with Gasteiger partial charge in [0, 0.05) is 16.2 Å². The number of hydrazine groups is 1. The monoisotopic (exact) mass is 309 g/mol. The largest absolute Gasteiger partial charge is 0.271 e. The van der Waals surface area contributed by atoms with E-state index in [4.69, 9.17) is 29.0 Å². The molecular weight excluding hydrogens is 293 g/mol. The number of pyridine rings is 1. The van der Waals surface area contributed by atoms with E-state index >= 15 is 0 Å². The van der Waals surface area contributed by atoms with Crippen LogP contribution in [0.4, 0.5) is 0 Å². The molecule has 2 aromatic rings. The van der Waals surface area contributed by atoms with Crippen molar-refractivity contribution in [1.82, 2.24) is 10.4 Å². The van der Waals surface area contributed by atoms with Gasteiger partial charge in [0.2, 0.25) is 0 Å². The normalized spacial score (nSPS) is 12.4. The first-order valence-electron chi connectivity index (χ1n) is 6.34. The number of benzene rings is 1. The maximum absolute atomic E-state index is 6.21. The van der Waals surface area contributed by atoms with Gasteiger partial charge in [0.05, 0.1) is 11.7 Å². The number of halogens is 2. The summed E-state index contributed by atoms with van der Waals surface area (Å²) in [5.41, 5.74) is 6.98. The Morgan fingerprint density at radius 1 is 1.25 bits per heavy atom. The lowest BCUT2D eigenvalue weighted by Crippen LogP contribution is -2.31. The highest BCUT2D eigenvalue weighted by molar-refractivity contribution is 6.35.